The predicted octanol–water partition coefficient (Wildman–Crippen LogP) is 5.07. The number of nitrogens with zero attached hydrogens (tertiary/aromatic N) is 1. The highest BCUT2D eigenvalue weighted by Crippen LogP contribution is 2.41. The molecule has 5 nitrogen and oxygen atoms in total. The fourth-order valence-electron chi connectivity index (χ4n) is 3.30. The lowest BCUT2D eigenvalue weighted by molar-refractivity contribution is 0.403. The van der Waals surface area contributed by atoms with Crippen molar-refractivity contribution in [2.24, 2.45) is 0 Å². The van der Waals surface area contributed by atoms with Crippen LogP contribution in [0.4, 0.5) is 0 Å². The van der Waals surface area contributed by atoms with Crippen LogP contribution < -0.4 is 4.74 Å². The largest absolute Gasteiger partial charge is 0.507 e. The Bertz CT molecular complexity index is 1060. The van der Waals surface area contributed by atoms with Crippen LogP contribution in [0, 0.1) is 6.92 Å². The third-order valence-corrected chi connectivity index (χ3v) is 4.65. The third-order valence-electron chi connectivity index (χ3n) is 4.65. The monoisotopic (exact) mass is 348 g/mol. The molecule has 5 heteroatoms. The maximum absolute atomic E-state index is 10.6. The van der Waals surface area contributed by atoms with Gasteiger partial charge >= 0.3 is 0 Å². The van der Waals surface area contributed by atoms with Crippen LogP contribution in [0.3, 0.4) is 0 Å². The number of rotatable bonds is 4. The van der Waals surface area contributed by atoms with Crippen molar-refractivity contribution in [1.82, 2.24) is 10.2 Å². The summed E-state index contributed by atoms with van der Waals surface area (Å²) in [5.41, 5.74) is 4.88. The number of hydrogen-bond donors (Lipinski definition) is 2. The predicted molar refractivity (Wildman–Crippen MR) is 102 cm³/mol. The highest BCUT2D eigenvalue weighted by Gasteiger charge is 2.21. The van der Waals surface area contributed by atoms with Gasteiger partial charge in [-0.3, -0.25) is 5.10 Å². The van der Waals surface area contributed by atoms with Crippen LogP contribution in [-0.2, 0) is 6.42 Å². The number of para-hydroxylation sites is 1. The summed E-state index contributed by atoms with van der Waals surface area (Å²) < 4.78 is 11.4. The van der Waals surface area contributed by atoms with Gasteiger partial charge in [0.05, 0.1) is 12.7 Å². The number of fused-ring (bicyclic) bond motifs is 1. The molecule has 2 aromatic carbocycles. The summed E-state index contributed by atoms with van der Waals surface area (Å²) in [6.45, 7) is 4.00. The van der Waals surface area contributed by atoms with E-state index in [-0.39, 0.29) is 5.75 Å². The van der Waals surface area contributed by atoms with Crippen LogP contribution >= 0.6 is 0 Å². The summed E-state index contributed by atoms with van der Waals surface area (Å²) in [7, 11) is 1.60. The first-order valence-corrected chi connectivity index (χ1v) is 8.56. The van der Waals surface area contributed by atoms with Crippen molar-refractivity contribution in [2.75, 3.05) is 7.11 Å². The number of nitrogens with one attached hydrogen (secondary N) is 1. The number of furan rings is 1. The van der Waals surface area contributed by atoms with Gasteiger partial charge in [0.15, 0.2) is 0 Å². The fraction of sp³-hybridized carbons (Fsp3) is 0.190. The molecule has 0 aliphatic rings. The second kappa shape index (κ2) is 6.26. The average Bonchev–Trinajstić information content (AvgIpc) is 3.24. The van der Waals surface area contributed by atoms with Crippen LogP contribution in [0.25, 0.3) is 33.6 Å². The second-order valence-corrected chi connectivity index (χ2v) is 6.26. The molecule has 0 aliphatic heterocycles. The minimum absolute atomic E-state index is 0.128. The van der Waals surface area contributed by atoms with E-state index in [4.69, 9.17) is 9.15 Å². The Morgan fingerprint density at radius 1 is 1.19 bits per heavy atom. The van der Waals surface area contributed by atoms with Gasteiger partial charge in [-0.05, 0) is 37.1 Å². The number of phenolic OH excluding ortho intramolecular Hbond substituents is 1. The number of phenols is 1. The Morgan fingerprint density at radius 3 is 2.73 bits per heavy atom. The molecule has 0 saturated carbocycles. The van der Waals surface area contributed by atoms with Crippen molar-refractivity contribution < 1.29 is 14.3 Å². The van der Waals surface area contributed by atoms with Crippen LogP contribution in [0.1, 0.15) is 18.2 Å². The minimum Gasteiger partial charge on any atom is -0.507 e. The van der Waals surface area contributed by atoms with Crippen LogP contribution in [0.5, 0.6) is 11.5 Å². The molecule has 26 heavy (non-hydrogen) atoms. The molecule has 0 radical (unpaired) electrons. The fourth-order valence-corrected chi connectivity index (χ4v) is 3.30. The second-order valence-electron chi connectivity index (χ2n) is 6.26. The number of hydrogen-bond acceptors (Lipinski definition) is 4. The number of aromatic nitrogens is 2. The zero-order valence-electron chi connectivity index (χ0n) is 15.0. The smallest absolute Gasteiger partial charge is 0.139 e. The number of benzene rings is 2. The lowest BCUT2D eigenvalue weighted by Gasteiger charge is -2.11. The first kappa shape index (κ1) is 16.3. The molecule has 4 rings (SSSR count). The van der Waals surface area contributed by atoms with Crippen molar-refractivity contribution >= 4 is 11.0 Å². The lowest BCUT2D eigenvalue weighted by atomic mass is 9.99. The number of methoxy groups -OCH3 is 1. The molecule has 0 unspecified atom stereocenters. The molecule has 0 fully saturated rings. The minimum atomic E-state index is 0.128. The van der Waals surface area contributed by atoms with E-state index in [9.17, 15) is 5.11 Å². The van der Waals surface area contributed by atoms with Crippen molar-refractivity contribution in [3.05, 3.63) is 53.7 Å². The van der Waals surface area contributed by atoms with Crippen LogP contribution in [0.15, 0.2) is 46.9 Å². The number of ether oxygens (including phenoxy) is 1. The molecule has 0 amide bonds. The van der Waals surface area contributed by atoms with Gasteiger partial charge in [-0.15, -0.1) is 0 Å². The first-order chi connectivity index (χ1) is 12.6. The third kappa shape index (κ3) is 2.52. The Kier molecular flexibility index (Phi) is 3.92. The molecule has 0 aliphatic carbocycles. The Labute approximate surface area is 151 Å². The van der Waals surface area contributed by atoms with E-state index in [1.54, 1.807) is 13.2 Å². The standard InChI is InChI=1S/C21H20N2O3/c1-4-13-9-15(16(24)11-18(13)25-3)21-20(12(2)22-23-21)19-10-14-7-5-6-8-17(14)26-19/h5-11,24H,4H2,1-3H3,(H,22,23). The molecule has 2 N–H and O–H groups in total. The molecule has 2 aromatic heterocycles. The molecule has 0 atom stereocenters. The quantitative estimate of drug-likeness (QED) is 0.540. The summed E-state index contributed by atoms with van der Waals surface area (Å²) >= 11 is 0. The van der Waals surface area contributed by atoms with Crippen molar-refractivity contribution in [1.29, 1.82) is 0 Å². The summed E-state index contributed by atoms with van der Waals surface area (Å²) in [5, 5.41) is 19.0. The van der Waals surface area contributed by atoms with E-state index in [0.717, 1.165) is 40.0 Å². The van der Waals surface area contributed by atoms with E-state index < -0.39 is 0 Å². The molecule has 0 bridgehead atoms. The summed E-state index contributed by atoms with van der Waals surface area (Å²) in [5.74, 6) is 1.52. The molecule has 132 valence electrons. The van der Waals surface area contributed by atoms with Gasteiger partial charge < -0.3 is 14.3 Å². The van der Waals surface area contributed by atoms with Gasteiger partial charge in [-0.2, -0.15) is 5.10 Å². The zero-order chi connectivity index (χ0) is 18.3. The topological polar surface area (TPSA) is 71.3 Å². The van der Waals surface area contributed by atoms with E-state index in [1.165, 1.54) is 0 Å². The summed E-state index contributed by atoms with van der Waals surface area (Å²) in [6.07, 6.45) is 0.791. The van der Waals surface area contributed by atoms with Gasteiger partial charge in [0.1, 0.15) is 28.5 Å². The SMILES string of the molecule is CCc1cc(-c2n[nH]c(C)c2-c2cc3ccccc3o2)c(O)cc1OC. The van der Waals surface area contributed by atoms with Gasteiger partial charge in [0, 0.05) is 22.7 Å². The van der Waals surface area contributed by atoms with Crippen molar-refractivity contribution in [3.8, 4) is 34.1 Å². The van der Waals surface area contributed by atoms with Gasteiger partial charge in [-0.25, -0.2) is 0 Å². The van der Waals surface area contributed by atoms with Crippen LogP contribution in [-0.4, -0.2) is 22.4 Å². The van der Waals surface area contributed by atoms with E-state index in [2.05, 4.69) is 17.1 Å². The highest BCUT2D eigenvalue weighted by molar-refractivity contribution is 5.89. The molecule has 0 saturated heterocycles. The van der Waals surface area contributed by atoms with Crippen molar-refractivity contribution in [3.63, 3.8) is 0 Å². The maximum Gasteiger partial charge on any atom is 0.139 e. The molecule has 2 heterocycles. The number of aromatic hydroxyl groups is 1. The normalized spacial score (nSPS) is 11.2. The molecular formula is C21H20N2O3. The van der Waals surface area contributed by atoms with Crippen LogP contribution in [0.2, 0.25) is 0 Å². The number of H-pyrrole nitrogens is 1. The number of aryl methyl sites for hydroxylation is 2. The zero-order valence-corrected chi connectivity index (χ0v) is 15.0. The van der Waals surface area contributed by atoms with E-state index >= 15 is 0 Å². The van der Waals surface area contributed by atoms with Gasteiger partial charge in [-0.1, -0.05) is 25.1 Å². The lowest BCUT2D eigenvalue weighted by Crippen LogP contribution is -1.93. The Balaban J connectivity index is 1.92. The number of aromatic amines is 1. The van der Waals surface area contributed by atoms with Gasteiger partial charge in [0.25, 0.3) is 0 Å². The molecule has 0 spiro atoms. The van der Waals surface area contributed by atoms with Gasteiger partial charge in [0.2, 0.25) is 0 Å². The summed E-state index contributed by atoms with van der Waals surface area (Å²) in [6, 6.07) is 13.4. The highest BCUT2D eigenvalue weighted by atomic mass is 16.5. The maximum atomic E-state index is 10.6. The first-order valence-electron chi connectivity index (χ1n) is 8.56. The van der Waals surface area contributed by atoms with E-state index in [1.807, 2.05) is 43.3 Å². The van der Waals surface area contributed by atoms with Crippen molar-refractivity contribution in [2.45, 2.75) is 20.3 Å². The Morgan fingerprint density at radius 2 is 2.00 bits per heavy atom. The summed E-state index contributed by atoms with van der Waals surface area (Å²) in [4.78, 5) is 0. The van der Waals surface area contributed by atoms with E-state index in [0.29, 0.717) is 17.0 Å². The average molecular weight is 348 g/mol. The molecule has 4 aromatic rings. The molecular weight excluding hydrogens is 328 g/mol. The Hall–Kier alpha value is -3.21.